The number of thiophene rings is 2. The normalized spacial score (nSPS) is 12.1. The van der Waals surface area contributed by atoms with Crippen molar-refractivity contribution in [2.75, 3.05) is 0 Å². The van der Waals surface area contributed by atoms with E-state index in [9.17, 15) is 0 Å². The van der Waals surface area contributed by atoms with E-state index in [1.54, 1.807) is 22.7 Å². The summed E-state index contributed by atoms with van der Waals surface area (Å²) in [5, 5.41) is 17.8. The minimum atomic E-state index is 0.542. The lowest BCUT2D eigenvalue weighted by Crippen LogP contribution is -2.02. The quantitative estimate of drug-likeness (QED) is 0.126. The second-order valence-corrected chi connectivity index (χ2v) is 33.7. The van der Waals surface area contributed by atoms with E-state index in [4.69, 9.17) is 38.7 Å². The Kier molecular flexibility index (Phi) is 15.0. The average Bonchev–Trinajstić information content (AvgIpc) is 1.56. The molecule has 26 rings (SSSR count). The predicted octanol–water partition coefficient (Wildman–Crippen LogP) is 30.1. The van der Waals surface area contributed by atoms with Crippen molar-refractivity contribution in [1.82, 2.24) is 39.0 Å². The molecule has 0 aliphatic rings. The maximum absolute atomic E-state index is 7.19. The van der Waals surface area contributed by atoms with Gasteiger partial charge in [-0.05, 0) is 158 Å². The average molecular weight is 1590 g/mol. The molecular weight excluding hydrogens is 1530 g/mol. The molecule has 18 aromatic carbocycles. The van der Waals surface area contributed by atoms with Crippen LogP contribution in [0.5, 0.6) is 0 Å². The summed E-state index contributed by atoms with van der Waals surface area (Å²) in [6.07, 6.45) is 0. The molecule has 0 atom stereocenters. The van der Waals surface area contributed by atoms with Crippen LogP contribution in [0.25, 0.3) is 262 Å². The van der Waals surface area contributed by atoms with E-state index in [0.29, 0.717) is 34.9 Å². The van der Waals surface area contributed by atoms with Gasteiger partial charge in [0.2, 0.25) is 0 Å². The zero-order valence-corrected chi connectivity index (χ0v) is 66.6. The van der Waals surface area contributed by atoms with E-state index in [-0.39, 0.29) is 0 Å². The fourth-order valence-corrected chi connectivity index (χ4v) is 21.2. The predicted molar refractivity (Wildman–Crippen MR) is 506 cm³/mol. The van der Waals surface area contributed by atoms with Crippen LogP contribution in [-0.2, 0) is 0 Å². The molecule has 12 heteroatoms. The molecule has 0 amide bonds. The summed E-state index contributed by atoms with van der Waals surface area (Å²) in [4.78, 5) is 33.1. The number of para-hydroxylation sites is 3. The molecule has 0 aliphatic heterocycles. The molecule has 0 N–H and O–H groups in total. The number of fused-ring (bicyclic) bond motifs is 20. The largest absolute Gasteiger partial charge is 0.454 e. The molecule has 0 saturated carbocycles. The molecule has 0 spiro atoms. The van der Waals surface area contributed by atoms with Gasteiger partial charge in [-0.25, -0.2) is 29.9 Å². The van der Waals surface area contributed by atoms with Crippen molar-refractivity contribution < 1.29 is 8.83 Å². The van der Waals surface area contributed by atoms with Gasteiger partial charge in [0.15, 0.2) is 46.1 Å². The molecule has 8 aromatic heterocycles. The minimum Gasteiger partial charge on any atom is -0.454 e. The maximum Gasteiger partial charge on any atom is 0.165 e. The van der Waals surface area contributed by atoms with Crippen LogP contribution >= 0.6 is 22.7 Å². The van der Waals surface area contributed by atoms with Crippen molar-refractivity contribution in [2.45, 2.75) is 0 Å². The molecule has 0 saturated heterocycles. The van der Waals surface area contributed by atoms with Gasteiger partial charge in [0, 0.05) is 117 Å². The summed E-state index contributed by atoms with van der Waals surface area (Å²) >= 11 is 3.55. The SMILES string of the molecule is c1ccc(-c2ccc(-c3nc(-c4ccc5c(c4)sc4cc(-c6cccc7c6c6cc8ccccc8cc6n7-c6cc(-c7nc(-c8cccc(-c9ccccc9)c8)nc(-c8cccc9c8sc8ccccc89)n7)cc7c6oc6ccccc67)ccc45)nc(-c4cc(-n5c6ccccc6c6cc7ccccc7cc65)c5oc6ccccc6c5c4)n3)cc2)cc1. The number of benzene rings is 18. The Bertz CT molecular complexity index is 8920. The molecule has 0 unspecified atom stereocenters. The number of aromatic nitrogens is 8. The number of hydrogen-bond acceptors (Lipinski definition) is 10. The van der Waals surface area contributed by atoms with Gasteiger partial charge in [0.1, 0.15) is 11.2 Å². The van der Waals surface area contributed by atoms with Gasteiger partial charge in [-0.3, -0.25) is 0 Å². The fourth-order valence-electron chi connectivity index (χ4n) is 18.8. The smallest absolute Gasteiger partial charge is 0.165 e. The van der Waals surface area contributed by atoms with Crippen molar-refractivity contribution in [3.8, 4) is 113 Å². The zero-order chi connectivity index (χ0) is 79.8. The van der Waals surface area contributed by atoms with Crippen molar-refractivity contribution >= 4 is 172 Å². The fraction of sp³-hybridized carbons (Fsp3) is 0. The molecule has 26 aromatic rings. The first-order valence-electron chi connectivity index (χ1n) is 40.9. The molecule has 8 heterocycles. The van der Waals surface area contributed by atoms with Crippen LogP contribution < -0.4 is 0 Å². The summed E-state index contributed by atoms with van der Waals surface area (Å²) < 4.78 is 23.6. The second-order valence-electron chi connectivity index (χ2n) is 31.6. The van der Waals surface area contributed by atoms with Crippen molar-refractivity contribution in [1.29, 1.82) is 0 Å². The lowest BCUT2D eigenvalue weighted by atomic mass is 9.97. The van der Waals surface area contributed by atoms with Crippen LogP contribution in [0.15, 0.2) is 385 Å². The van der Waals surface area contributed by atoms with E-state index in [1.165, 1.54) is 26.2 Å². The van der Waals surface area contributed by atoms with Crippen LogP contribution in [-0.4, -0.2) is 39.0 Å². The number of nitrogens with zero attached hydrogens (tertiary/aromatic N) is 8. The van der Waals surface area contributed by atoms with E-state index in [0.717, 1.165) is 201 Å². The van der Waals surface area contributed by atoms with Crippen LogP contribution in [0.4, 0.5) is 0 Å². The molecule has 0 fully saturated rings. The van der Waals surface area contributed by atoms with Gasteiger partial charge >= 0.3 is 0 Å². The first-order valence-corrected chi connectivity index (χ1v) is 42.6. The molecule has 566 valence electrons. The van der Waals surface area contributed by atoms with Crippen LogP contribution in [0, 0.1) is 0 Å². The number of hydrogen-bond donors (Lipinski definition) is 0. The molecule has 10 nitrogen and oxygen atoms in total. The maximum atomic E-state index is 7.19. The Balaban J connectivity index is 0.640. The third-order valence-electron chi connectivity index (χ3n) is 24.5. The highest BCUT2D eigenvalue weighted by Crippen LogP contribution is 2.49. The summed E-state index contributed by atoms with van der Waals surface area (Å²) in [5.41, 5.74) is 20.9. The number of furan rings is 2. The Labute approximate surface area is 704 Å². The topological polar surface area (TPSA) is 113 Å². The summed E-state index contributed by atoms with van der Waals surface area (Å²) in [6, 6.07) is 134. The first-order chi connectivity index (χ1) is 60.4. The number of rotatable bonds is 11. The summed E-state index contributed by atoms with van der Waals surface area (Å²) in [6.45, 7) is 0. The Morgan fingerprint density at radius 2 is 0.623 bits per heavy atom. The van der Waals surface area contributed by atoms with Gasteiger partial charge in [0.05, 0.1) is 33.4 Å². The van der Waals surface area contributed by atoms with Crippen molar-refractivity contribution in [2.24, 2.45) is 0 Å². The summed E-state index contributed by atoms with van der Waals surface area (Å²) in [7, 11) is 0. The van der Waals surface area contributed by atoms with E-state index < -0.39 is 0 Å². The van der Waals surface area contributed by atoms with Crippen molar-refractivity contribution in [3.63, 3.8) is 0 Å². The highest BCUT2D eigenvalue weighted by molar-refractivity contribution is 7.26. The van der Waals surface area contributed by atoms with Gasteiger partial charge in [-0.1, -0.05) is 273 Å². The van der Waals surface area contributed by atoms with E-state index in [2.05, 4.69) is 367 Å². The Morgan fingerprint density at radius 1 is 0.205 bits per heavy atom. The Hall–Kier alpha value is -15.9. The zero-order valence-electron chi connectivity index (χ0n) is 65.0. The van der Waals surface area contributed by atoms with Crippen LogP contribution in [0.2, 0.25) is 0 Å². The molecule has 0 aliphatic carbocycles. The van der Waals surface area contributed by atoms with Gasteiger partial charge in [0.25, 0.3) is 0 Å². The lowest BCUT2D eigenvalue weighted by Gasteiger charge is -2.13. The van der Waals surface area contributed by atoms with E-state index >= 15 is 0 Å². The van der Waals surface area contributed by atoms with Crippen molar-refractivity contribution in [3.05, 3.63) is 376 Å². The highest BCUT2D eigenvalue weighted by Gasteiger charge is 2.28. The van der Waals surface area contributed by atoms with Gasteiger partial charge in [-0.2, -0.15) is 0 Å². The van der Waals surface area contributed by atoms with Gasteiger partial charge in [-0.15, -0.1) is 22.7 Å². The van der Waals surface area contributed by atoms with E-state index in [1.807, 2.05) is 18.2 Å². The highest BCUT2D eigenvalue weighted by atomic mass is 32.1. The monoisotopic (exact) mass is 1590 g/mol. The third-order valence-corrected chi connectivity index (χ3v) is 26.9. The standard InChI is InChI=1S/C110H62N8O2S2/c1-3-22-63(23-4-1)65-44-46-66(47-45-65)105-111-107(114-108(112-105)75-55-87-79-33-12-16-41-96(79)119-102(87)94(59-75)117-90-39-15-11-32-78(90)86-53-68-26-7-9-28-70(68)57-92(86)117)74-49-51-83-82-50-48-72(61-99(82)121-100(83)62-74)77-36-21-40-91-101(77)89-54-69-27-8-10-29-71(69)58-93(89)118(91)95-60-76(56-88-80-34-13-17-42-97(80)120-103(88)95)109-113-106(73-31-19-30-67(52-73)64-24-5-2-6-25-64)115-110(116-109)85-38-20-37-84-81-35-14-18-43-98(81)122-104(84)85/h1-62H. The first kappa shape index (κ1) is 68.2. The molecule has 122 heavy (non-hydrogen) atoms. The van der Waals surface area contributed by atoms with Gasteiger partial charge < -0.3 is 18.0 Å². The molecular formula is C110H62N8O2S2. The minimum absolute atomic E-state index is 0.542. The van der Waals surface area contributed by atoms with Crippen LogP contribution in [0.3, 0.4) is 0 Å². The summed E-state index contributed by atoms with van der Waals surface area (Å²) in [5.74, 6) is 3.38. The van der Waals surface area contributed by atoms with Crippen LogP contribution in [0.1, 0.15) is 0 Å². The Morgan fingerprint density at radius 3 is 1.28 bits per heavy atom. The lowest BCUT2D eigenvalue weighted by molar-refractivity contribution is 0.666. The molecule has 0 radical (unpaired) electrons. The third kappa shape index (κ3) is 10.8. The molecule has 0 bridgehead atoms. The second kappa shape index (κ2) is 26.8.